The van der Waals surface area contributed by atoms with E-state index in [4.69, 9.17) is 9.52 Å². The molecule has 0 aliphatic heterocycles. The van der Waals surface area contributed by atoms with Gasteiger partial charge in [-0.3, -0.25) is 0 Å². The third-order valence-corrected chi connectivity index (χ3v) is 2.22. The number of halogens is 1. The monoisotopic (exact) mass is 239 g/mol. The lowest BCUT2D eigenvalue weighted by Gasteiger charge is -1.96. The zero-order valence-electron chi connectivity index (χ0n) is 6.57. The van der Waals surface area contributed by atoms with Crippen molar-refractivity contribution in [2.75, 3.05) is 0 Å². The minimum atomic E-state index is 0.145. The van der Waals surface area contributed by atoms with Gasteiger partial charge < -0.3 is 9.52 Å². The zero-order chi connectivity index (χ0) is 9.26. The van der Waals surface area contributed by atoms with Gasteiger partial charge in [-0.1, -0.05) is 0 Å². The molecule has 0 bridgehead atoms. The summed E-state index contributed by atoms with van der Waals surface area (Å²) in [6.45, 7) is 0. The molecule has 13 heavy (non-hydrogen) atoms. The summed E-state index contributed by atoms with van der Waals surface area (Å²) in [4.78, 5) is 4.01. The van der Waals surface area contributed by atoms with Gasteiger partial charge in [0.15, 0.2) is 5.76 Å². The van der Waals surface area contributed by atoms with Crippen LogP contribution >= 0.6 is 15.9 Å². The molecule has 0 saturated heterocycles. The second-order valence-corrected chi connectivity index (χ2v) is 3.35. The molecule has 3 nitrogen and oxygen atoms in total. The van der Waals surface area contributed by atoms with Crippen molar-refractivity contribution < 1.29 is 9.52 Å². The first-order valence-corrected chi connectivity index (χ1v) is 4.45. The Hall–Kier alpha value is -1.29. The maximum atomic E-state index is 9.02. The summed E-state index contributed by atoms with van der Waals surface area (Å²) < 4.78 is 6.05. The van der Waals surface area contributed by atoms with Crippen LogP contribution in [0.15, 0.2) is 39.5 Å². The Morgan fingerprint density at radius 3 is 2.69 bits per heavy atom. The number of furan rings is 1. The van der Waals surface area contributed by atoms with E-state index >= 15 is 0 Å². The molecular weight excluding hydrogens is 234 g/mol. The fourth-order valence-electron chi connectivity index (χ4n) is 0.997. The summed E-state index contributed by atoms with van der Waals surface area (Å²) in [7, 11) is 0. The summed E-state index contributed by atoms with van der Waals surface area (Å²) in [5.41, 5.74) is 0.690. The predicted octanol–water partition coefficient (Wildman–Crippen LogP) is 2.81. The molecule has 2 aromatic rings. The lowest BCUT2D eigenvalue weighted by Crippen LogP contribution is -1.79. The van der Waals surface area contributed by atoms with Gasteiger partial charge in [0, 0.05) is 0 Å². The number of pyridine rings is 1. The maximum Gasteiger partial charge on any atom is 0.166 e. The van der Waals surface area contributed by atoms with E-state index in [1.54, 1.807) is 24.5 Å². The van der Waals surface area contributed by atoms with Gasteiger partial charge in [-0.05, 0) is 34.1 Å². The Kier molecular flexibility index (Phi) is 2.06. The lowest BCUT2D eigenvalue weighted by molar-refractivity contribution is 0.472. The summed E-state index contributed by atoms with van der Waals surface area (Å²) in [6.07, 6.45) is 2.96. The van der Waals surface area contributed by atoms with Crippen molar-refractivity contribution in [2.45, 2.75) is 0 Å². The van der Waals surface area contributed by atoms with Crippen molar-refractivity contribution in [3.8, 4) is 17.2 Å². The van der Waals surface area contributed by atoms with Gasteiger partial charge in [0.2, 0.25) is 0 Å². The van der Waals surface area contributed by atoms with Gasteiger partial charge in [0.1, 0.15) is 11.4 Å². The Morgan fingerprint density at radius 1 is 1.31 bits per heavy atom. The fourth-order valence-corrected chi connectivity index (χ4v) is 1.40. The van der Waals surface area contributed by atoms with Gasteiger partial charge in [-0.15, -0.1) is 0 Å². The van der Waals surface area contributed by atoms with Crippen molar-refractivity contribution in [3.63, 3.8) is 0 Å². The minimum absolute atomic E-state index is 0.145. The minimum Gasteiger partial charge on any atom is -0.506 e. The zero-order valence-corrected chi connectivity index (χ0v) is 8.15. The SMILES string of the molecule is Oc1ccc(-c2occc2Br)nc1. The maximum absolute atomic E-state index is 9.02. The Bertz CT molecular complexity index is 408. The average molecular weight is 240 g/mol. The molecule has 2 heterocycles. The highest BCUT2D eigenvalue weighted by molar-refractivity contribution is 9.10. The normalized spacial score (nSPS) is 10.2. The fraction of sp³-hybridized carbons (Fsp3) is 0. The summed E-state index contributed by atoms with van der Waals surface area (Å²) in [6, 6.07) is 5.06. The molecule has 2 rings (SSSR count). The van der Waals surface area contributed by atoms with Crippen molar-refractivity contribution >= 4 is 15.9 Å². The predicted molar refractivity (Wildman–Crippen MR) is 51.3 cm³/mol. The van der Waals surface area contributed by atoms with Crippen molar-refractivity contribution in [1.29, 1.82) is 0 Å². The quantitative estimate of drug-likeness (QED) is 0.833. The number of hydrogen-bond acceptors (Lipinski definition) is 3. The van der Waals surface area contributed by atoms with E-state index in [1.165, 1.54) is 6.20 Å². The Morgan fingerprint density at radius 2 is 2.15 bits per heavy atom. The molecule has 0 aromatic carbocycles. The molecule has 0 radical (unpaired) electrons. The molecular formula is C9H6BrNO2. The van der Waals surface area contributed by atoms with Crippen LogP contribution in [0.3, 0.4) is 0 Å². The molecule has 2 aromatic heterocycles. The molecule has 0 atom stereocenters. The standard InChI is InChI=1S/C9H6BrNO2/c10-7-3-4-13-9(7)8-2-1-6(12)5-11-8/h1-5,12H. The van der Waals surface area contributed by atoms with Crippen molar-refractivity contribution in [3.05, 3.63) is 35.1 Å². The van der Waals surface area contributed by atoms with E-state index in [1.807, 2.05) is 0 Å². The van der Waals surface area contributed by atoms with Gasteiger partial charge in [-0.25, -0.2) is 4.98 Å². The van der Waals surface area contributed by atoms with Crippen LogP contribution < -0.4 is 0 Å². The van der Waals surface area contributed by atoms with Crippen molar-refractivity contribution in [1.82, 2.24) is 4.98 Å². The van der Waals surface area contributed by atoms with Crippen LogP contribution in [0.4, 0.5) is 0 Å². The summed E-state index contributed by atoms with van der Waals surface area (Å²) in [5.74, 6) is 0.812. The topological polar surface area (TPSA) is 46.3 Å². The van der Waals surface area contributed by atoms with E-state index < -0.39 is 0 Å². The molecule has 0 aliphatic carbocycles. The molecule has 0 saturated carbocycles. The number of aromatic nitrogens is 1. The van der Waals surface area contributed by atoms with Crippen LogP contribution in [0.2, 0.25) is 0 Å². The average Bonchev–Trinajstić information content (AvgIpc) is 2.53. The van der Waals surface area contributed by atoms with E-state index in [2.05, 4.69) is 20.9 Å². The van der Waals surface area contributed by atoms with Crippen LogP contribution in [-0.4, -0.2) is 10.1 Å². The molecule has 0 aliphatic rings. The largest absolute Gasteiger partial charge is 0.506 e. The Labute approximate surface area is 83.2 Å². The summed E-state index contributed by atoms with van der Waals surface area (Å²) in [5, 5.41) is 9.02. The second-order valence-electron chi connectivity index (χ2n) is 2.50. The van der Waals surface area contributed by atoms with E-state index in [0.29, 0.717) is 11.5 Å². The number of hydrogen-bond donors (Lipinski definition) is 1. The lowest BCUT2D eigenvalue weighted by atomic mass is 10.3. The van der Waals surface area contributed by atoms with Gasteiger partial charge >= 0.3 is 0 Å². The molecule has 0 amide bonds. The third-order valence-electron chi connectivity index (χ3n) is 1.60. The second kappa shape index (κ2) is 3.22. The van der Waals surface area contributed by atoms with E-state index in [0.717, 1.165) is 4.47 Å². The van der Waals surface area contributed by atoms with Crippen molar-refractivity contribution in [2.24, 2.45) is 0 Å². The van der Waals surface area contributed by atoms with Crippen LogP contribution in [0.5, 0.6) is 5.75 Å². The molecule has 0 spiro atoms. The van der Waals surface area contributed by atoms with Crippen LogP contribution in [-0.2, 0) is 0 Å². The van der Waals surface area contributed by atoms with Crippen LogP contribution in [0, 0.1) is 0 Å². The van der Waals surface area contributed by atoms with Gasteiger partial charge in [-0.2, -0.15) is 0 Å². The van der Waals surface area contributed by atoms with Crippen LogP contribution in [0.1, 0.15) is 0 Å². The first kappa shape index (κ1) is 8.31. The molecule has 4 heteroatoms. The highest BCUT2D eigenvalue weighted by Crippen LogP contribution is 2.27. The number of rotatable bonds is 1. The number of nitrogens with zero attached hydrogens (tertiary/aromatic N) is 1. The molecule has 1 N–H and O–H groups in total. The van der Waals surface area contributed by atoms with Crippen LogP contribution in [0.25, 0.3) is 11.5 Å². The highest BCUT2D eigenvalue weighted by atomic mass is 79.9. The smallest absolute Gasteiger partial charge is 0.166 e. The van der Waals surface area contributed by atoms with Gasteiger partial charge in [0.05, 0.1) is 16.9 Å². The third kappa shape index (κ3) is 1.58. The number of aromatic hydroxyl groups is 1. The van der Waals surface area contributed by atoms with Gasteiger partial charge in [0.25, 0.3) is 0 Å². The van der Waals surface area contributed by atoms with E-state index in [9.17, 15) is 0 Å². The summed E-state index contributed by atoms with van der Waals surface area (Å²) >= 11 is 3.33. The van der Waals surface area contributed by atoms with E-state index in [-0.39, 0.29) is 5.75 Å². The molecule has 0 fully saturated rings. The molecule has 66 valence electrons. The first-order valence-electron chi connectivity index (χ1n) is 3.66. The highest BCUT2D eigenvalue weighted by Gasteiger charge is 2.07. The Balaban J connectivity index is 2.47. The molecule has 0 unspecified atom stereocenters. The first-order chi connectivity index (χ1) is 6.27.